The summed E-state index contributed by atoms with van der Waals surface area (Å²) in [5.74, 6) is 3.00. The Bertz CT molecular complexity index is 590. The molecule has 0 N–H and O–H groups in total. The van der Waals surface area contributed by atoms with E-state index in [1.165, 1.54) is 0 Å². The van der Waals surface area contributed by atoms with Crippen molar-refractivity contribution in [3.63, 3.8) is 0 Å². The van der Waals surface area contributed by atoms with Crippen molar-refractivity contribution in [2.75, 3.05) is 23.8 Å². The van der Waals surface area contributed by atoms with E-state index in [-0.39, 0.29) is 12.5 Å². The number of carbonyl (C=O) groups excluding carboxylic acids is 1. The molecule has 0 aromatic heterocycles. The Morgan fingerprint density at radius 3 is 3.10 bits per heavy atom. The van der Waals surface area contributed by atoms with E-state index in [1.54, 1.807) is 16.7 Å². The van der Waals surface area contributed by atoms with Crippen LogP contribution in [0, 0.1) is 12.3 Å². The minimum Gasteiger partial charge on any atom is -0.382 e. The number of carbonyl (C=O) groups is 1. The predicted molar refractivity (Wildman–Crippen MR) is 82.2 cm³/mol. The summed E-state index contributed by atoms with van der Waals surface area (Å²) in [4.78, 5) is 19.8. The number of hydrogen-bond donors (Lipinski definition) is 0. The highest BCUT2D eigenvalue weighted by molar-refractivity contribution is 8.00. The molecule has 0 bridgehead atoms. The minimum absolute atomic E-state index is 0.139. The summed E-state index contributed by atoms with van der Waals surface area (Å²) < 4.78 is 0. The molecule has 1 aliphatic heterocycles. The first kappa shape index (κ1) is 14.5. The van der Waals surface area contributed by atoms with E-state index in [0.29, 0.717) is 12.3 Å². The van der Waals surface area contributed by atoms with Crippen LogP contribution >= 0.6 is 11.8 Å². The third kappa shape index (κ3) is 2.97. The molecule has 1 aliphatic rings. The lowest BCUT2D eigenvalue weighted by Gasteiger charge is -2.28. The first-order valence-corrected chi connectivity index (χ1v) is 7.33. The maximum absolute atomic E-state index is 11.9. The molecule has 0 spiro atoms. The second-order valence-corrected chi connectivity index (χ2v) is 5.28. The van der Waals surface area contributed by atoms with Crippen LogP contribution < -0.4 is 4.90 Å². The monoisotopic (exact) mass is 288 g/mol. The highest BCUT2D eigenvalue weighted by atomic mass is 32.2. The van der Waals surface area contributed by atoms with Gasteiger partial charge in [-0.2, -0.15) is 0 Å². The van der Waals surface area contributed by atoms with Gasteiger partial charge >= 0.3 is 0 Å². The fourth-order valence-electron chi connectivity index (χ4n) is 1.99. The maximum atomic E-state index is 11.9. The average molecular weight is 288 g/mol. The highest BCUT2D eigenvalue weighted by Gasteiger charge is 2.23. The van der Waals surface area contributed by atoms with Crippen LogP contribution in [-0.4, -0.2) is 30.5 Å². The number of anilines is 1. The molecule has 0 aliphatic carbocycles. The maximum Gasteiger partial charge on any atom is 0.237 e. The fourth-order valence-corrected chi connectivity index (χ4v) is 2.91. The summed E-state index contributed by atoms with van der Waals surface area (Å²) in [7, 11) is 0. The molecular weight excluding hydrogens is 272 g/mol. The zero-order chi connectivity index (χ0) is 14.5. The molecule has 20 heavy (non-hydrogen) atoms. The van der Waals surface area contributed by atoms with E-state index in [1.807, 2.05) is 32.0 Å². The summed E-state index contributed by atoms with van der Waals surface area (Å²) in [5.41, 5.74) is 2.61. The number of rotatable bonds is 4. The molecule has 1 heterocycles. The summed E-state index contributed by atoms with van der Waals surface area (Å²) in [6.45, 7) is 4.64. The van der Waals surface area contributed by atoms with Gasteiger partial charge in [0.15, 0.2) is 6.61 Å². The van der Waals surface area contributed by atoms with Crippen molar-refractivity contribution in [1.82, 2.24) is 0 Å². The molecule has 0 fully saturated rings. The van der Waals surface area contributed by atoms with Crippen LogP contribution in [0.1, 0.15) is 19.4 Å². The van der Waals surface area contributed by atoms with Crippen molar-refractivity contribution in [3.8, 4) is 12.3 Å². The molecule has 4 nitrogen and oxygen atoms in total. The van der Waals surface area contributed by atoms with Gasteiger partial charge in [0.25, 0.3) is 0 Å². The number of fused-ring (bicyclic) bond motifs is 1. The van der Waals surface area contributed by atoms with Crippen molar-refractivity contribution >= 4 is 29.1 Å². The SMILES string of the molecule is C#CCON=C(C)c1ccc2c(c1)N(CC)C(=O)CS2. The molecule has 1 aromatic rings. The van der Waals surface area contributed by atoms with E-state index in [0.717, 1.165) is 21.9 Å². The van der Waals surface area contributed by atoms with Crippen molar-refractivity contribution in [1.29, 1.82) is 0 Å². The highest BCUT2D eigenvalue weighted by Crippen LogP contribution is 2.35. The van der Waals surface area contributed by atoms with Gasteiger partial charge in [-0.3, -0.25) is 4.79 Å². The second kappa shape index (κ2) is 6.49. The van der Waals surface area contributed by atoms with Gasteiger partial charge < -0.3 is 9.74 Å². The van der Waals surface area contributed by atoms with Gasteiger partial charge in [0, 0.05) is 17.0 Å². The fraction of sp³-hybridized carbons (Fsp3) is 0.333. The molecule has 1 amide bonds. The van der Waals surface area contributed by atoms with Crippen LogP contribution in [-0.2, 0) is 9.63 Å². The molecule has 0 saturated heterocycles. The third-order valence-electron chi connectivity index (χ3n) is 2.99. The van der Waals surface area contributed by atoms with Crippen LogP contribution in [0.15, 0.2) is 28.3 Å². The normalized spacial score (nSPS) is 14.8. The molecule has 5 heteroatoms. The molecular formula is C15H16N2O2S. The van der Waals surface area contributed by atoms with Gasteiger partial charge in [0.2, 0.25) is 5.91 Å². The number of amides is 1. The van der Waals surface area contributed by atoms with E-state index in [9.17, 15) is 4.79 Å². The number of thioether (sulfide) groups is 1. The summed E-state index contributed by atoms with van der Waals surface area (Å²) in [6.07, 6.45) is 5.10. The van der Waals surface area contributed by atoms with Crippen LogP contribution in [0.2, 0.25) is 0 Å². The zero-order valence-corrected chi connectivity index (χ0v) is 12.4. The molecule has 0 saturated carbocycles. The smallest absolute Gasteiger partial charge is 0.237 e. The first-order chi connectivity index (χ1) is 9.67. The minimum atomic E-state index is 0.139. The lowest BCUT2D eigenvalue weighted by molar-refractivity contribution is -0.116. The average Bonchev–Trinajstić information content (AvgIpc) is 2.46. The van der Waals surface area contributed by atoms with E-state index < -0.39 is 0 Å². The lowest BCUT2D eigenvalue weighted by Crippen LogP contribution is -2.35. The lowest BCUT2D eigenvalue weighted by atomic mass is 10.1. The summed E-state index contributed by atoms with van der Waals surface area (Å²) in [6, 6.07) is 5.97. The first-order valence-electron chi connectivity index (χ1n) is 6.35. The Hall–Kier alpha value is -1.93. The Labute approximate surface area is 123 Å². The molecule has 0 radical (unpaired) electrons. The predicted octanol–water partition coefficient (Wildman–Crippen LogP) is 2.52. The Morgan fingerprint density at radius 1 is 1.60 bits per heavy atom. The van der Waals surface area contributed by atoms with E-state index in [2.05, 4.69) is 11.1 Å². The van der Waals surface area contributed by atoms with Crippen LogP contribution in [0.5, 0.6) is 0 Å². The number of hydrogen-bond acceptors (Lipinski definition) is 4. The largest absolute Gasteiger partial charge is 0.382 e. The van der Waals surface area contributed by atoms with Crippen LogP contribution in [0.3, 0.4) is 0 Å². The van der Waals surface area contributed by atoms with Gasteiger partial charge in [-0.05, 0) is 26.0 Å². The van der Waals surface area contributed by atoms with E-state index >= 15 is 0 Å². The number of terminal acetylenes is 1. The van der Waals surface area contributed by atoms with Crippen molar-refractivity contribution in [3.05, 3.63) is 23.8 Å². The second-order valence-electron chi connectivity index (χ2n) is 4.26. The molecule has 104 valence electrons. The van der Waals surface area contributed by atoms with E-state index in [4.69, 9.17) is 11.3 Å². The Kier molecular flexibility index (Phi) is 4.70. The summed E-state index contributed by atoms with van der Waals surface area (Å²) >= 11 is 1.57. The topological polar surface area (TPSA) is 41.9 Å². The van der Waals surface area contributed by atoms with Gasteiger partial charge in [0.05, 0.1) is 17.2 Å². The zero-order valence-electron chi connectivity index (χ0n) is 11.5. The summed E-state index contributed by atoms with van der Waals surface area (Å²) in [5, 5.41) is 3.97. The molecule has 0 atom stereocenters. The molecule has 1 aromatic carbocycles. The van der Waals surface area contributed by atoms with Crippen LogP contribution in [0.25, 0.3) is 0 Å². The standard InChI is InChI=1S/C15H16N2O2S/c1-4-8-19-16-11(3)12-6-7-14-13(9-12)17(5-2)15(18)10-20-14/h1,6-7,9H,5,8,10H2,2-3H3. The van der Waals surface area contributed by atoms with Gasteiger partial charge in [-0.1, -0.05) is 17.1 Å². The molecule has 0 unspecified atom stereocenters. The van der Waals surface area contributed by atoms with Gasteiger partial charge in [0.1, 0.15) is 0 Å². The van der Waals surface area contributed by atoms with Crippen molar-refractivity contribution in [2.45, 2.75) is 18.7 Å². The van der Waals surface area contributed by atoms with Crippen molar-refractivity contribution < 1.29 is 9.63 Å². The third-order valence-corrected chi connectivity index (χ3v) is 4.03. The number of benzene rings is 1. The quantitative estimate of drug-likeness (QED) is 0.370. The molecule has 2 rings (SSSR count). The van der Waals surface area contributed by atoms with Crippen LogP contribution in [0.4, 0.5) is 5.69 Å². The Balaban J connectivity index is 2.31. The Morgan fingerprint density at radius 2 is 2.40 bits per heavy atom. The number of nitrogens with zero attached hydrogens (tertiary/aromatic N) is 2. The number of oxime groups is 1. The van der Waals surface area contributed by atoms with Crippen molar-refractivity contribution in [2.24, 2.45) is 5.16 Å². The van der Waals surface area contributed by atoms with Gasteiger partial charge in [-0.15, -0.1) is 18.2 Å². The van der Waals surface area contributed by atoms with Gasteiger partial charge in [-0.25, -0.2) is 0 Å².